The SMILES string of the molecule is C[C@@H]1[C@@H](C(C)(C)F)[C@H](CC(=O)N2CCC[C@H]2CO)O[C@@]12C(=O)N(Cc1ccccc1)c1ccc(N3CCC3=O)cc12. The van der Waals surface area contributed by atoms with Crippen LogP contribution in [0.4, 0.5) is 15.8 Å². The van der Waals surface area contributed by atoms with Crippen molar-refractivity contribution in [2.24, 2.45) is 11.8 Å². The van der Waals surface area contributed by atoms with Crippen molar-refractivity contribution in [1.29, 1.82) is 0 Å². The van der Waals surface area contributed by atoms with E-state index in [4.69, 9.17) is 4.74 Å². The molecular weight excluding hydrogens is 525 g/mol. The van der Waals surface area contributed by atoms with Gasteiger partial charge in [0.2, 0.25) is 11.8 Å². The number of aliphatic hydroxyl groups excluding tert-OH is 1. The molecule has 4 aliphatic heterocycles. The van der Waals surface area contributed by atoms with Crippen LogP contribution in [0, 0.1) is 11.8 Å². The molecule has 3 saturated heterocycles. The van der Waals surface area contributed by atoms with Crippen LogP contribution in [0.5, 0.6) is 0 Å². The minimum absolute atomic E-state index is 0.0140. The fraction of sp³-hybridized carbons (Fsp3) is 0.531. The number of anilines is 2. The van der Waals surface area contributed by atoms with Crippen LogP contribution < -0.4 is 9.80 Å². The van der Waals surface area contributed by atoms with E-state index < -0.39 is 29.2 Å². The van der Waals surface area contributed by atoms with Gasteiger partial charge in [0, 0.05) is 42.6 Å². The Morgan fingerprint density at radius 1 is 1.15 bits per heavy atom. The number of carbonyl (C=O) groups is 3. The van der Waals surface area contributed by atoms with Crippen molar-refractivity contribution < 1.29 is 28.6 Å². The summed E-state index contributed by atoms with van der Waals surface area (Å²) < 4.78 is 22.8. The van der Waals surface area contributed by atoms with Crippen molar-refractivity contribution in [3.05, 3.63) is 59.7 Å². The number of nitrogens with zero attached hydrogens (tertiary/aromatic N) is 3. The number of halogens is 1. The van der Waals surface area contributed by atoms with Crippen molar-refractivity contribution >= 4 is 29.1 Å². The average molecular weight is 564 g/mol. The van der Waals surface area contributed by atoms with Crippen LogP contribution in [0.3, 0.4) is 0 Å². The Morgan fingerprint density at radius 2 is 1.90 bits per heavy atom. The number of hydrogen-bond acceptors (Lipinski definition) is 5. The minimum atomic E-state index is -1.74. The third kappa shape index (κ3) is 4.45. The van der Waals surface area contributed by atoms with Gasteiger partial charge in [-0.1, -0.05) is 37.3 Å². The Balaban J connectivity index is 1.42. The summed E-state index contributed by atoms with van der Waals surface area (Å²) in [4.78, 5) is 45.4. The van der Waals surface area contributed by atoms with Gasteiger partial charge in [-0.25, -0.2) is 4.39 Å². The molecule has 0 unspecified atom stereocenters. The molecule has 0 aromatic heterocycles. The number of amides is 3. The van der Waals surface area contributed by atoms with Gasteiger partial charge in [0.25, 0.3) is 5.91 Å². The number of hydrogen-bond donors (Lipinski definition) is 1. The topological polar surface area (TPSA) is 90.4 Å². The summed E-state index contributed by atoms with van der Waals surface area (Å²) in [7, 11) is 0. The fourth-order valence-electron chi connectivity index (χ4n) is 7.56. The van der Waals surface area contributed by atoms with E-state index in [-0.39, 0.29) is 36.8 Å². The molecule has 6 rings (SSSR count). The maximum atomic E-state index is 16.0. The highest BCUT2D eigenvalue weighted by atomic mass is 19.1. The summed E-state index contributed by atoms with van der Waals surface area (Å²) in [6.07, 6.45) is 1.08. The number of carbonyl (C=O) groups excluding carboxylic acids is 3. The number of benzene rings is 2. The van der Waals surface area contributed by atoms with E-state index in [1.807, 2.05) is 55.5 Å². The maximum Gasteiger partial charge on any atom is 0.264 e. The van der Waals surface area contributed by atoms with Crippen molar-refractivity contribution in [2.45, 2.75) is 76.4 Å². The molecule has 41 heavy (non-hydrogen) atoms. The quantitative estimate of drug-likeness (QED) is 0.516. The number of alkyl halides is 1. The maximum absolute atomic E-state index is 16.0. The second-order valence-corrected chi connectivity index (χ2v) is 12.4. The van der Waals surface area contributed by atoms with Crippen molar-refractivity contribution in [3.8, 4) is 0 Å². The van der Waals surface area contributed by atoms with Crippen LogP contribution in [0.1, 0.15) is 57.6 Å². The van der Waals surface area contributed by atoms with Crippen LogP contribution >= 0.6 is 0 Å². The summed E-state index contributed by atoms with van der Waals surface area (Å²) in [6.45, 7) is 6.15. The molecule has 4 aliphatic rings. The number of fused-ring (bicyclic) bond motifs is 2. The second-order valence-electron chi connectivity index (χ2n) is 12.4. The zero-order valence-corrected chi connectivity index (χ0v) is 23.9. The summed E-state index contributed by atoms with van der Waals surface area (Å²) in [6, 6.07) is 15.0. The van der Waals surface area contributed by atoms with Crippen LogP contribution in [-0.4, -0.2) is 65.2 Å². The minimum Gasteiger partial charge on any atom is -0.394 e. The van der Waals surface area contributed by atoms with Gasteiger partial charge in [0.05, 0.1) is 37.4 Å². The summed E-state index contributed by atoms with van der Waals surface area (Å²) in [5, 5.41) is 9.78. The molecule has 8 nitrogen and oxygen atoms in total. The first-order valence-corrected chi connectivity index (χ1v) is 14.6. The highest BCUT2D eigenvalue weighted by molar-refractivity contribution is 6.09. The van der Waals surface area contributed by atoms with Crippen molar-refractivity contribution in [2.75, 3.05) is 29.5 Å². The third-order valence-corrected chi connectivity index (χ3v) is 9.57. The average Bonchev–Trinajstić information content (AvgIpc) is 3.59. The molecule has 5 atom stereocenters. The molecule has 1 N–H and O–H groups in total. The summed E-state index contributed by atoms with van der Waals surface area (Å²) in [5.74, 6) is -1.81. The van der Waals surface area contributed by atoms with E-state index in [1.165, 1.54) is 13.8 Å². The van der Waals surface area contributed by atoms with Crippen LogP contribution in [-0.2, 0) is 31.3 Å². The highest BCUT2D eigenvalue weighted by Crippen LogP contribution is 2.59. The number of β-lactam (4-membered cyclic amide) rings is 1. The molecule has 0 aliphatic carbocycles. The van der Waals surface area contributed by atoms with Gasteiger partial charge in [-0.2, -0.15) is 0 Å². The predicted molar refractivity (Wildman–Crippen MR) is 152 cm³/mol. The monoisotopic (exact) mass is 563 g/mol. The highest BCUT2D eigenvalue weighted by Gasteiger charge is 2.66. The van der Waals surface area contributed by atoms with E-state index in [1.54, 1.807) is 14.7 Å². The number of likely N-dealkylation sites (tertiary alicyclic amines) is 1. The van der Waals surface area contributed by atoms with Gasteiger partial charge >= 0.3 is 0 Å². The van der Waals surface area contributed by atoms with Gasteiger partial charge in [-0.05, 0) is 50.5 Å². The van der Waals surface area contributed by atoms with E-state index in [2.05, 4.69) is 0 Å². The number of ether oxygens (including phenoxy) is 1. The normalized spacial score (nSPS) is 29.4. The lowest BCUT2D eigenvalue weighted by Crippen LogP contribution is -2.46. The Hall–Kier alpha value is -3.30. The molecule has 2 aromatic carbocycles. The standard InChI is InChI=1S/C32H38FN3O5/c1-20-29(31(2,3)33)26(17-28(39)34-14-7-10-23(34)19-37)41-32(20)24-16-22(35-15-13-27(35)38)11-12-25(24)36(30(32)40)18-21-8-5-4-6-9-21/h4-6,8-9,11-12,16,20,23,26,29,37H,7,10,13-15,17-19H2,1-3H3/t20-,23+,26+,29-,32+/m1/s1. The fourth-order valence-corrected chi connectivity index (χ4v) is 7.56. The van der Waals surface area contributed by atoms with E-state index in [0.717, 1.165) is 18.4 Å². The second kappa shape index (κ2) is 10.2. The Kier molecular flexibility index (Phi) is 6.93. The first-order valence-electron chi connectivity index (χ1n) is 14.6. The predicted octanol–water partition coefficient (Wildman–Crippen LogP) is 3.94. The molecule has 1 spiro atoms. The molecule has 3 amide bonds. The molecule has 2 aromatic rings. The smallest absolute Gasteiger partial charge is 0.264 e. The molecular formula is C32H38FN3O5. The molecule has 3 fully saturated rings. The van der Waals surface area contributed by atoms with Crippen molar-refractivity contribution in [1.82, 2.24) is 4.90 Å². The molecule has 0 bridgehead atoms. The van der Waals surface area contributed by atoms with Gasteiger partial charge in [-0.15, -0.1) is 0 Å². The van der Waals surface area contributed by atoms with Gasteiger partial charge in [0.1, 0.15) is 5.67 Å². The van der Waals surface area contributed by atoms with Gasteiger partial charge in [0.15, 0.2) is 5.60 Å². The number of rotatable bonds is 7. The van der Waals surface area contributed by atoms with E-state index >= 15 is 4.39 Å². The van der Waals surface area contributed by atoms with E-state index in [0.29, 0.717) is 43.0 Å². The number of aliphatic hydroxyl groups is 1. The van der Waals surface area contributed by atoms with E-state index in [9.17, 15) is 19.5 Å². The Labute approximate surface area is 240 Å². The molecule has 4 heterocycles. The van der Waals surface area contributed by atoms with Gasteiger partial charge < -0.3 is 24.5 Å². The third-order valence-electron chi connectivity index (χ3n) is 9.57. The molecule has 0 saturated carbocycles. The molecule has 0 radical (unpaired) electrons. The first kappa shape index (κ1) is 27.8. The lowest BCUT2D eigenvalue weighted by atomic mass is 9.71. The zero-order valence-electron chi connectivity index (χ0n) is 23.9. The summed E-state index contributed by atoms with van der Waals surface area (Å²) in [5.41, 5.74) is -0.341. The zero-order chi connectivity index (χ0) is 29.1. The largest absolute Gasteiger partial charge is 0.394 e. The van der Waals surface area contributed by atoms with Crippen LogP contribution in [0.25, 0.3) is 0 Å². The van der Waals surface area contributed by atoms with Gasteiger partial charge in [-0.3, -0.25) is 14.4 Å². The lowest BCUT2D eigenvalue weighted by molar-refractivity contribution is -0.150. The van der Waals surface area contributed by atoms with Crippen molar-refractivity contribution in [3.63, 3.8) is 0 Å². The first-order chi connectivity index (χ1) is 19.6. The Bertz CT molecular complexity index is 1360. The van der Waals surface area contributed by atoms with Crippen LogP contribution in [0.2, 0.25) is 0 Å². The molecule has 9 heteroatoms. The summed E-state index contributed by atoms with van der Waals surface area (Å²) >= 11 is 0. The lowest BCUT2D eigenvalue weighted by Gasteiger charge is -2.34. The molecule has 218 valence electrons. The van der Waals surface area contributed by atoms with Crippen LogP contribution in [0.15, 0.2) is 48.5 Å². The Morgan fingerprint density at radius 3 is 2.54 bits per heavy atom.